The maximum Gasteiger partial charge on any atom is 0.227 e. The molecule has 1 aromatic rings. The molecule has 0 radical (unpaired) electrons. The monoisotopic (exact) mass is 298 g/mol. The van der Waals surface area contributed by atoms with Crippen LogP contribution in [0.1, 0.15) is 13.3 Å². The number of carbonyl (C=O) groups is 2. The normalized spacial score (nSPS) is 19.7. The molecule has 2 rings (SSSR count). The van der Waals surface area contributed by atoms with Gasteiger partial charge < -0.3 is 15.3 Å². The fraction of sp³-hybridized carbons (Fsp3) is 0.429. The van der Waals surface area contributed by atoms with Crippen LogP contribution in [0.3, 0.4) is 0 Å². The van der Waals surface area contributed by atoms with E-state index < -0.39 is 29.5 Å². The Hall–Kier alpha value is -2.02. The average molecular weight is 298 g/mol. The number of benzene rings is 1. The Morgan fingerprint density at radius 2 is 2.24 bits per heavy atom. The largest absolute Gasteiger partial charge is 0.394 e. The average Bonchev–Trinajstić information content (AvgIpc) is 2.80. The number of carbonyl (C=O) groups excluding carboxylic acids is 2. The molecule has 0 spiro atoms. The van der Waals surface area contributed by atoms with E-state index in [1.165, 1.54) is 6.07 Å². The first-order chi connectivity index (χ1) is 9.92. The lowest BCUT2D eigenvalue weighted by Crippen LogP contribution is -2.40. The number of nitrogens with one attached hydrogen (secondary N) is 1. The number of rotatable bonds is 4. The maximum absolute atomic E-state index is 13.7. The number of aliphatic hydroxyl groups is 1. The molecule has 1 heterocycles. The summed E-state index contributed by atoms with van der Waals surface area (Å²) in [5.74, 6) is -2.94. The van der Waals surface area contributed by atoms with Crippen molar-refractivity contribution in [3.05, 3.63) is 29.8 Å². The summed E-state index contributed by atoms with van der Waals surface area (Å²) in [4.78, 5) is 25.0. The second-order valence-electron chi connectivity index (χ2n) is 5.09. The maximum atomic E-state index is 13.7. The van der Waals surface area contributed by atoms with E-state index in [-0.39, 0.29) is 31.2 Å². The van der Waals surface area contributed by atoms with Gasteiger partial charge in [-0.15, -0.1) is 0 Å². The van der Waals surface area contributed by atoms with Crippen LogP contribution >= 0.6 is 0 Å². The Morgan fingerprint density at radius 3 is 2.86 bits per heavy atom. The molecule has 0 aliphatic carbocycles. The highest BCUT2D eigenvalue weighted by molar-refractivity contribution is 6.00. The summed E-state index contributed by atoms with van der Waals surface area (Å²) in [6, 6.07) is 2.53. The zero-order chi connectivity index (χ0) is 15.6. The second kappa shape index (κ2) is 6.17. The van der Waals surface area contributed by atoms with Gasteiger partial charge in [0, 0.05) is 25.1 Å². The molecule has 5 nitrogen and oxygen atoms in total. The van der Waals surface area contributed by atoms with Crippen molar-refractivity contribution >= 4 is 17.5 Å². The van der Waals surface area contributed by atoms with Crippen LogP contribution in [0.15, 0.2) is 18.2 Å². The highest BCUT2D eigenvalue weighted by Crippen LogP contribution is 2.28. The van der Waals surface area contributed by atoms with Crippen LogP contribution in [-0.4, -0.2) is 36.1 Å². The number of nitrogens with zero attached hydrogens (tertiary/aromatic N) is 1. The van der Waals surface area contributed by atoms with Crippen LogP contribution in [0.2, 0.25) is 0 Å². The Kier molecular flexibility index (Phi) is 4.52. The molecule has 114 valence electrons. The van der Waals surface area contributed by atoms with Gasteiger partial charge >= 0.3 is 0 Å². The van der Waals surface area contributed by atoms with E-state index in [0.29, 0.717) is 6.07 Å². The van der Waals surface area contributed by atoms with Gasteiger partial charge in [-0.3, -0.25) is 9.59 Å². The summed E-state index contributed by atoms with van der Waals surface area (Å²) < 4.78 is 26.6. The van der Waals surface area contributed by atoms with Gasteiger partial charge in [-0.2, -0.15) is 0 Å². The molecule has 2 atom stereocenters. The van der Waals surface area contributed by atoms with Gasteiger partial charge in [-0.05, 0) is 19.1 Å². The molecule has 2 N–H and O–H groups in total. The number of hydrogen-bond donors (Lipinski definition) is 2. The first kappa shape index (κ1) is 15.4. The molecular formula is C14H16F2N2O3. The van der Waals surface area contributed by atoms with Crippen LogP contribution in [-0.2, 0) is 9.59 Å². The molecule has 1 aromatic carbocycles. The zero-order valence-corrected chi connectivity index (χ0v) is 11.5. The third-order valence-corrected chi connectivity index (χ3v) is 3.36. The number of amides is 2. The third-order valence-electron chi connectivity index (χ3n) is 3.36. The lowest BCUT2D eigenvalue weighted by molar-refractivity contribution is -0.127. The van der Waals surface area contributed by atoms with Crippen molar-refractivity contribution in [2.45, 2.75) is 19.4 Å². The van der Waals surface area contributed by atoms with Gasteiger partial charge in [0.2, 0.25) is 11.8 Å². The number of aliphatic hydroxyl groups excluding tert-OH is 1. The summed E-state index contributed by atoms with van der Waals surface area (Å²) in [5, 5.41) is 11.5. The first-order valence-corrected chi connectivity index (χ1v) is 6.59. The fourth-order valence-corrected chi connectivity index (χ4v) is 2.22. The van der Waals surface area contributed by atoms with Crippen molar-refractivity contribution in [2.75, 3.05) is 18.1 Å². The number of hydrogen-bond acceptors (Lipinski definition) is 3. The number of anilines is 1. The Bertz CT molecular complexity index is 565. The predicted molar refractivity (Wildman–Crippen MR) is 71.5 cm³/mol. The van der Waals surface area contributed by atoms with Gasteiger partial charge in [-0.25, -0.2) is 8.78 Å². The van der Waals surface area contributed by atoms with Crippen LogP contribution in [0.25, 0.3) is 0 Å². The number of halogens is 2. The molecule has 21 heavy (non-hydrogen) atoms. The van der Waals surface area contributed by atoms with Gasteiger partial charge in [0.05, 0.1) is 18.2 Å². The molecule has 0 aromatic heterocycles. The highest BCUT2D eigenvalue weighted by atomic mass is 19.1. The van der Waals surface area contributed by atoms with Crippen molar-refractivity contribution < 1.29 is 23.5 Å². The van der Waals surface area contributed by atoms with Crippen molar-refractivity contribution in [2.24, 2.45) is 5.92 Å². The topological polar surface area (TPSA) is 69.6 Å². The van der Waals surface area contributed by atoms with Crippen LogP contribution in [0.5, 0.6) is 0 Å². The SMILES string of the molecule is CC(CO)NC(=O)C1CC(=O)N(c2ccc(F)cc2F)C1. The van der Waals surface area contributed by atoms with Gasteiger partial charge in [0.15, 0.2) is 0 Å². The van der Waals surface area contributed by atoms with Gasteiger partial charge in [0.1, 0.15) is 11.6 Å². The van der Waals surface area contributed by atoms with Crippen LogP contribution < -0.4 is 10.2 Å². The Labute approximate surface area is 120 Å². The fourth-order valence-electron chi connectivity index (χ4n) is 2.22. The van der Waals surface area contributed by atoms with Crippen molar-refractivity contribution in [3.63, 3.8) is 0 Å². The van der Waals surface area contributed by atoms with E-state index in [1.807, 2.05) is 0 Å². The van der Waals surface area contributed by atoms with Crippen molar-refractivity contribution in [1.29, 1.82) is 0 Å². The Balaban J connectivity index is 2.11. The molecular weight excluding hydrogens is 282 g/mol. The molecule has 7 heteroatoms. The molecule has 2 amide bonds. The summed E-state index contributed by atoms with van der Waals surface area (Å²) >= 11 is 0. The van der Waals surface area contributed by atoms with Crippen molar-refractivity contribution in [3.8, 4) is 0 Å². The molecule has 1 fully saturated rings. The smallest absolute Gasteiger partial charge is 0.227 e. The third kappa shape index (κ3) is 3.36. The Morgan fingerprint density at radius 1 is 1.52 bits per heavy atom. The quantitative estimate of drug-likeness (QED) is 0.864. The predicted octanol–water partition coefficient (Wildman–Crippen LogP) is 0.815. The standard InChI is InChI=1S/C14H16F2N2O3/c1-8(7-19)17-14(21)9-4-13(20)18(6-9)12-3-2-10(15)5-11(12)16/h2-3,5,8-9,19H,4,6-7H2,1H3,(H,17,21). The molecule has 0 bridgehead atoms. The van der Waals surface area contributed by atoms with Gasteiger partial charge in [-0.1, -0.05) is 0 Å². The lowest BCUT2D eigenvalue weighted by atomic mass is 10.1. The van der Waals surface area contributed by atoms with Crippen LogP contribution in [0.4, 0.5) is 14.5 Å². The van der Waals surface area contributed by atoms with E-state index in [2.05, 4.69) is 5.32 Å². The molecule has 1 aliphatic heterocycles. The van der Waals surface area contributed by atoms with E-state index in [4.69, 9.17) is 5.11 Å². The van der Waals surface area contributed by atoms with Gasteiger partial charge in [0.25, 0.3) is 0 Å². The zero-order valence-electron chi connectivity index (χ0n) is 11.5. The molecule has 1 aliphatic rings. The van der Waals surface area contributed by atoms with E-state index in [0.717, 1.165) is 11.0 Å². The summed E-state index contributed by atoms with van der Waals surface area (Å²) in [7, 11) is 0. The molecule has 1 saturated heterocycles. The molecule has 2 unspecified atom stereocenters. The molecule has 0 saturated carbocycles. The summed E-state index contributed by atoms with van der Waals surface area (Å²) in [5.41, 5.74) is -0.0353. The highest BCUT2D eigenvalue weighted by Gasteiger charge is 2.36. The van der Waals surface area contributed by atoms with Crippen LogP contribution in [0, 0.1) is 17.6 Å². The first-order valence-electron chi connectivity index (χ1n) is 6.59. The summed E-state index contributed by atoms with van der Waals surface area (Å²) in [6.07, 6.45) is -0.0409. The van der Waals surface area contributed by atoms with E-state index in [9.17, 15) is 18.4 Å². The lowest BCUT2D eigenvalue weighted by Gasteiger charge is -2.18. The summed E-state index contributed by atoms with van der Waals surface area (Å²) in [6.45, 7) is 1.46. The minimum Gasteiger partial charge on any atom is -0.394 e. The van der Waals surface area contributed by atoms with Crippen molar-refractivity contribution in [1.82, 2.24) is 5.32 Å². The minimum atomic E-state index is -0.840. The van der Waals surface area contributed by atoms with E-state index >= 15 is 0 Å². The second-order valence-corrected chi connectivity index (χ2v) is 5.09. The van der Waals surface area contributed by atoms with E-state index in [1.54, 1.807) is 6.92 Å². The minimum absolute atomic E-state index is 0.0331.